The minimum Gasteiger partial charge on any atom is -0.309 e. The Hall–Kier alpha value is -17.4. The number of hydrogen-bond donors (Lipinski definition) is 0. The topological polar surface area (TPSA) is 29.6 Å². The van der Waals surface area contributed by atoms with Gasteiger partial charge in [-0.05, 0) is 207 Å². The molecule has 142 heavy (non-hydrogen) atoms. The number of aromatic nitrogens is 6. The van der Waals surface area contributed by atoms with E-state index in [1.807, 2.05) is 34.0 Å². The van der Waals surface area contributed by atoms with Gasteiger partial charge in [-0.2, -0.15) is 0 Å². The quantitative estimate of drug-likeness (QED) is 0.145. The third-order valence-corrected chi connectivity index (χ3v) is 34.0. The SMILES string of the molecule is CC1(C)c2ccccc2-c2ccc(-n3c4cc5c(cc4c4ccc6c7ccccc7sc6c43)c3ccccc3n5-c3ccccc3)cc21.c1ccc(-c2cc(-c3ccccc3)cc(-n3c4cc5c(cc4c4ccc6c7ccccc7sc6c43)c3ccccc3n5-c3ccccc3)c2)cc1.c1ccc(-n2c3ccccc3c3cc4c5ccc6c7ccccc7sc6c5n(-c5ccc6ccccc6c5)c4cc32)cc1. The molecule has 0 spiro atoms. The first-order valence-corrected chi connectivity index (χ1v) is 51.3. The van der Waals surface area contributed by atoms with E-state index in [1.54, 1.807) is 0 Å². The normalized spacial score (nSPS) is 12.6. The minimum absolute atomic E-state index is 0.0827. The Morgan fingerprint density at radius 2 is 0.472 bits per heavy atom. The highest BCUT2D eigenvalue weighted by molar-refractivity contribution is 7.27. The number of rotatable bonds is 8. The lowest BCUT2D eigenvalue weighted by atomic mass is 9.82. The van der Waals surface area contributed by atoms with Gasteiger partial charge >= 0.3 is 0 Å². The first kappa shape index (κ1) is 80.6. The number of benzene rings is 22. The van der Waals surface area contributed by atoms with E-state index in [0.29, 0.717) is 0 Å². The monoisotopic (exact) mass is 1860 g/mol. The van der Waals surface area contributed by atoms with Gasteiger partial charge in [-0.3, -0.25) is 0 Å². The molecule has 9 heterocycles. The van der Waals surface area contributed by atoms with E-state index in [1.165, 1.54) is 269 Å². The molecule has 664 valence electrons. The second-order valence-corrected chi connectivity index (χ2v) is 41.6. The van der Waals surface area contributed by atoms with Crippen molar-refractivity contribution in [2.45, 2.75) is 19.3 Å². The summed E-state index contributed by atoms with van der Waals surface area (Å²) >= 11 is 5.71. The largest absolute Gasteiger partial charge is 0.309 e. The lowest BCUT2D eigenvalue weighted by Gasteiger charge is -2.22. The van der Waals surface area contributed by atoms with Crippen LogP contribution in [0.3, 0.4) is 0 Å². The van der Waals surface area contributed by atoms with Gasteiger partial charge in [0.05, 0.1) is 80.3 Å². The van der Waals surface area contributed by atoms with Crippen LogP contribution in [0, 0.1) is 0 Å². The predicted molar refractivity (Wildman–Crippen MR) is 610 cm³/mol. The maximum absolute atomic E-state index is 2.56. The van der Waals surface area contributed by atoms with Crippen LogP contribution >= 0.6 is 34.0 Å². The molecule has 22 aromatic carbocycles. The van der Waals surface area contributed by atoms with Crippen molar-refractivity contribution < 1.29 is 0 Å². The van der Waals surface area contributed by atoms with Crippen LogP contribution in [-0.2, 0) is 5.41 Å². The molecule has 0 saturated heterocycles. The van der Waals surface area contributed by atoms with Gasteiger partial charge in [-0.1, -0.05) is 335 Å². The number of para-hydroxylation sites is 6. The Bertz CT molecular complexity index is 10700. The fourth-order valence-electron chi connectivity index (χ4n) is 24.1. The van der Waals surface area contributed by atoms with Crippen LogP contribution in [0.15, 0.2) is 473 Å². The molecule has 1 aliphatic carbocycles. The lowest BCUT2D eigenvalue weighted by Crippen LogP contribution is -2.15. The van der Waals surface area contributed by atoms with Crippen molar-refractivity contribution in [1.82, 2.24) is 27.4 Å². The molecule has 32 rings (SSSR count). The Morgan fingerprint density at radius 3 is 0.894 bits per heavy atom. The van der Waals surface area contributed by atoms with E-state index in [-0.39, 0.29) is 5.41 Å². The number of hydrogen-bond acceptors (Lipinski definition) is 3. The van der Waals surface area contributed by atoms with Gasteiger partial charge < -0.3 is 27.4 Å². The zero-order valence-corrected chi connectivity index (χ0v) is 79.9. The van der Waals surface area contributed by atoms with Crippen LogP contribution in [0.2, 0.25) is 0 Å². The summed E-state index contributed by atoms with van der Waals surface area (Å²) < 4.78 is 22.9. The van der Waals surface area contributed by atoms with E-state index in [9.17, 15) is 0 Å². The third-order valence-electron chi connectivity index (χ3n) is 30.4. The molecule has 9 heteroatoms. The Morgan fingerprint density at radius 1 is 0.162 bits per heavy atom. The first-order valence-electron chi connectivity index (χ1n) is 48.8. The molecular formula is C133H84N6S3. The van der Waals surface area contributed by atoms with Crippen molar-refractivity contribution in [3.05, 3.63) is 484 Å². The van der Waals surface area contributed by atoms with Crippen LogP contribution < -0.4 is 0 Å². The van der Waals surface area contributed by atoms with E-state index >= 15 is 0 Å². The van der Waals surface area contributed by atoms with Crippen molar-refractivity contribution >= 4 is 236 Å². The third kappa shape index (κ3) is 12.1. The van der Waals surface area contributed by atoms with E-state index in [0.717, 1.165) is 11.4 Å². The van der Waals surface area contributed by atoms with Gasteiger partial charge in [-0.15, -0.1) is 34.0 Å². The molecule has 0 fully saturated rings. The standard InChI is InChI=1S/C48H30N2S.C45H30N2S.C40H24N2S/c1-4-14-31(15-5-1)33-26-34(32-16-6-2-7-17-32)28-36(27-33)50-45-30-44-41(37-20-10-12-22-43(37)49(44)35-18-8-3-9-19-35)29-42(45)39-24-25-40-38-21-11-13-23-46(38)51-48(40)47(39)50;1-45(2)37-17-9-6-14-29(37)30-21-20-28(24-38(30)45)47-41-26-40-35(31-15-7-10-18-39(31)46(40)27-12-4-3-5-13-27)25-36(41)33-22-23-34-32-16-8-11-19-42(32)48-44(34)43(33)47;1-2-12-27(13-3-1)41-35-16-8-6-14-29(35)33-23-34-31-20-21-32-30-15-7-9-17-38(30)43-40(32)39(31)42(37(34)24-36(33)41)28-19-18-25-10-4-5-11-26(25)22-28/h1-30H;3-26H,1-2H3;1-24H. The maximum atomic E-state index is 2.56. The predicted octanol–water partition coefficient (Wildman–Crippen LogP) is 37.5. The van der Waals surface area contributed by atoms with Gasteiger partial charge in [0.1, 0.15) is 0 Å². The Labute approximate surface area is 828 Å². The summed E-state index contributed by atoms with van der Waals surface area (Å²) in [6.07, 6.45) is 0. The Kier molecular flexibility index (Phi) is 17.8. The Balaban J connectivity index is 0.0000001000. The molecule has 0 aliphatic heterocycles. The molecule has 9 aromatic heterocycles. The van der Waals surface area contributed by atoms with Crippen LogP contribution in [0.1, 0.15) is 25.0 Å². The number of thiophene rings is 3. The van der Waals surface area contributed by atoms with Gasteiger partial charge in [-0.25, -0.2) is 0 Å². The summed E-state index contributed by atoms with van der Waals surface area (Å²) in [6.45, 7) is 4.75. The molecule has 1 aliphatic rings. The second kappa shape index (κ2) is 31.3. The molecule has 0 radical (unpaired) electrons. The minimum atomic E-state index is -0.0827. The number of nitrogens with zero attached hydrogens (tertiary/aromatic N) is 6. The molecule has 0 N–H and O–H groups in total. The summed E-state index contributed by atoms with van der Waals surface area (Å²) in [5, 5.41) is 25.8. The highest BCUT2D eigenvalue weighted by Gasteiger charge is 2.37. The van der Waals surface area contributed by atoms with Crippen molar-refractivity contribution in [2.24, 2.45) is 0 Å². The van der Waals surface area contributed by atoms with Crippen LogP contribution in [0.5, 0.6) is 0 Å². The summed E-state index contributed by atoms with van der Waals surface area (Å²) in [7, 11) is 0. The summed E-state index contributed by atoms with van der Waals surface area (Å²) in [4.78, 5) is 0. The lowest BCUT2D eigenvalue weighted by molar-refractivity contribution is 0.660. The zero-order chi connectivity index (χ0) is 93.3. The molecule has 31 aromatic rings. The van der Waals surface area contributed by atoms with Crippen molar-refractivity contribution in [3.63, 3.8) is 0 Å². The van der Waals surface area contributed by atoms with Crippen molar-refractivity contribution in [3.8, 4) is 67.5 Å². The molecular weight excluding hydrogens is 1780 g/mol. The molecule has 6 nitrogen and oxygen atoms in total. The average Bonchev–Trinajstić information content (AvgIpc) is 1.55. The fourth-order valence-corrected chi connectivity index (χ4v) is 27.8. The van der Waals surface area contributed by atoms with E-state index < -0.39 is 0 Å². The van der Waals surface area contributed by atoms with Crippen LogP contribution in [-0.4, -0.2) is 27.4 Å². The van der Waals surface area contributed by atoms with E-state index in [2.05, 4.69) is 514 Å². The van der Waals surface area contributed by atoms with Crippen molar-refractivity contribution in [1.29, 1.82) is 0 Å². The van der Waals surface area contributed by atoms with Crippen LogP contribution in [0.25, 0.3) is 270 Å². The smallest absolute Gasteiger partial charge is 0.0719 e. The van der Waals surface area contributed by atoms with Gasteiger partial charge in [0.25, 0.3) is 0 Å². The highest BCUT2D eigenvalue weighted by Crippen LogP contribution is 2.54. The number of fused-ring (bicyclic) bond motifs is 34. The highest BCUT2D eigenvalue weighted by atomic mass is 32.1. The summed E-state index contributed by atoms with van der Waals surface area (Å²) in [5.74, 6) is 0. The van der Waals surface area contributed by atoms with Gasteiger partial charge in [0.15, 0.2) is 0 Å². The molecule has 0 atom stereocenters. The molecule has 0 unspecified atom stereocenters. The zero-order valence-electron chi connectivity index (χ0n) is 77.4. The maximum Gasteiger partial charge on any atom is 0.0719 e. The van der Waals surface area contributed by atoms with E-state index in [4.69, 9.17) is 0 Å². The van der Waals surface area contributed by atoms with Crippen molar-refractivity contribution in [2.75, 3.05) is 0 Å². The fraction of sp³-hybridized carbons (Fsp3) is 0.0226. The van der Waals surface area contributed by atoms with Gasteiger partial charge in [0, 0.05) is 151 Å². The molecule has 0 bridgehead atoms. The van der Waals surface area contributed by atoms with Gasteiger partial charge in [0.2, 0.25) is 0 Å². The summed E-state index contributed by atoms with van der Waals surface area (Å²) in [6, 6.07) is 174. The summed E-state index contributed by atoms with van der Waals surface area (Å²) in [5.41, 5.74) is 32.1. The molecule has 0 saturated carbocycles. The second-order valence-electron chi connectivity index (χ2n) is 38.5. The first-order chi connectivity index (χ1) is 70.2. The average molecular weight is 1860 g/mol. The molecule has 0 amide bonds. The van der Waals surface area contributed by atoms with Crippen LogP contribution in [0.4, 0.5) is 0 Å².